The highest BCUT2D eigenvalue weighted by Gasteiger charge is 2.37. The highest BCUT2D eigenvalue weighted by Crippen LogP contribution is 2.46. The summed E-state index contributed by atoms with van der Waals surface area (Å²) in [4.78, 5) is 0. The fourth-order valence-electron chi connectivity index (χ4n) is 3.91. The van der Waals surface area contributed by atoms with Gasteiger partial charge in [-0.05, 0) is 70.9 Å². The van der Waals surface area contributed by atoms with Gasteiger partial charge in [-0.3, -0.25) is 0 Å². The zero-order chi connectivity index (χ0) is 17.5. The quantitative estimate of drug-likeness (QED) is 0.528. The predicted molar refractivity (Wildman–Crippen MR) is 106 cm³/mol. The van der Waals surface area contributed by atoms with E-state index in [0.29, 0.717) is 0 Å². The first kappa shape index (κ1) is 17.0. The molecule has 0 aliphatic heterocycles. The van der Waals surface area contributed by atoms with E-state index in [4.69, 9.17) is 0 Å². The molecule has 0 amide bonds. The van der Waals surface area contributed by atoms with E-state index in [9.17, 15) is 0 Å². The molecule has 126 valence electrons. The smallest absolute Gasteiger partial charge is 0.0100 e. The van der Waals surface area contributed by atoms with Gasteiger partial charge in [-0.2, -0.15) is 0 Å². The van der Waals surface area contributed by atoms with E-state index in [-0.39, 0.29) is 10.8 Å². The molecule has 2 aromatic rings. The summed E-state index contributed by atoms with van der Waals surface area (Å²) in [5, 5.41) is 0. The topological polar surface area (TPSA) is 0 Å². The first-order valence-corrected chi connectivity index (χ1v) is 9.10. The third-order valence-corrected chi connectivity index (χ3v) is 5.84. The maximum Gasteiger partial charge on any atom is -0.0100 e. The van der Waals surface area contributed by atoms with Gasteiger partial charge in [0.25, 0.3) is 0 Å². The van der Waals surface area contributed by atoms with E-state index < -0.39 is 0 Å². The molecule has 1 aliphatic carbocycles. The number of hydrogen-bond acceptors (Lipinski definition) is 0. The minimum atomic E-state index is 0.266. The minimum absolute atomic E-state index is 0.266. The third-order valence-electron chi connectivity index (χ3n) is 5.84. The Labute approximate surface area is 147 Å². The van der Waals surface area contributed by atoms with E-state index in [1.807, 2.05) is 0 Å². The fraction of sp³-hybridized carbons (Fsp3) is 0.417. The SMILES string of the molecule is C/C(=C\c1cc2c(cc1C)C(C)(C)CCC2(C)C)c1ccccc1. The molecule has 24 heavy (non-hydrogen) atoms. The molecular formula is C24H30. The van der Waals surface area contributed by atoms with Gasteiger partial charge in [0, 0.05) is 0 Å². The molecule has 2 aromatic carbocycles. The largest absolute Gasteiger partial charge is 0.0622 e. The number of hydrogen-bond donors (Lipinski definition) is 0. The molecule has 1 aliphatic rings. The second kappa shape index (κ2) is 5.92. The molecule has 0 saturated heterocycles. The van der Waals surface area contributed by atoms with E-state index >= 15 is 0 Å². The number of rotatable bonds is 2. The van der Waals surface area contributed by atoms with Crippen LogP contribution in [0.15, 0.2) is 42.5 Å². The van der Waals surface area contributed by atoms with Gasteiger partial charge in [0.2, 0.25) is 0 Å². The van der Waals surface area contributed by atoms with Crippen LogP contribution in [0.4, 0.5) is 0 Å². The summed E-state index contributed by atoms with van der Waals surface area (Å²) in [5.74, 6) is 0. The van der Waals surface area contributed by atoms with Gasteiger partial charge in [0.05, 0.1) is 0 Å². The molecule has 0 bridgehead atoms. The van der Waals surface area contributed by atoms with Gasteiger partial charge in [-0.15, -0.1) is 0 Å². The highest BCUT2D eigenvalue weighted by molar-refractivity contribution is 5.81. The third kappa shape index (κ3) is 3.07. The molecule has 0 saturated carbocycles. The van der Waals surface area contributed by atoms with Crippen molar-refractivity contribution in [3.8, 4) is 0 Å². The predicted octanol–water partition coefficient (Wildman–Crippen LogP) is 6.90. The lowest BCUT2D eigenvalue weighted by Crippen LogP contribution is -2.34. The fourth-order valence-corrected chi connectivity index (χ4v) is 3.91. The molecule has 0 unspecified atom stereocenters. The lowest BCUT2D eigenvalue weighted by molar-refractivity contribution is 0.331. The van der Waals surface area contributed by atoms with Gasteiger partial charge in [-0.1, -0.05) is 76.2 Å². The molecule has 0 spiro atoms. The Morgan fingerprint density at radius 1 is 0.875 bits per heavy atom. The van der Waals surface area contributed by atoms with Crippen LogP contribution in [0.5, 0.6) is 0 Å². The minimum Gasteiger partial charge on any atom is -0.0622 e. The number of fused-ring (bicyclic) bond motifs is 1. The summed E-state index contributed by atoms with van der Waals surface area (Å²) < 4.78 is 0. The van der Waals surface area contributed by atoms with Crippen LogP contribution < -0.4 is 0 Å². The average Bonchev–Trinajstić information content (AvgIpc) is 2.54. The maximum absolute atomic E-state index is 2.46. The lowest BCUT2D eigenvalue weighted by Gasteiger charge is -2.42. The molecule has 0 N–H and O–H groups in total. The van der Waals surface area contributed by atoms with Crippen LogP contribution in [0, 0.1) is 6.92 Å². The van der Waals surface area contributed by atoms with E-state index in [1.165, 1.54) is 40.7 Å². The number of benzene rings is 2. The summed E-state index contributed by atoms with van der Waals surface area (Å²) in [5.41, 5.74) is 9.01. The molecule has 0 atom stereocenters. The summed E-state index contributed by atoms with van der Waals surface area (Å²) in [7, 11) is 0. The van der Waals surface area contributed by atoms with Crippen LogP contribution in [0.3, 0.4) is 0 Å². The second-order valence-electron chi connectivity index (χ2n) is 8.72. The first-order chi connectivity index (χ1) is 11.2. The van der Waals surface area contributed by atoms with Gasteiger partial charge >= 0.3 is 0 Å². The van der Waals surface area contributed by atoms with Crippen LogP contribution in [-0.2, 0) is 10.8 Å². The van der Waals surface area contributed by atoms with Crippen LogP contribution in [-0.4, -0.2) is 0 Å². The van der Waals surface area contributed by atoms with Crippen LogP contribution in [0.25, 0.3) is 11.6 Å². The van der Waals surface area contributed by atoms with Crippen LogP contribution >= 0.6 is 0 Å². The monoisotopic (exact) mass is 318 g/mol. The average molecular weight is 319 g/mol. The van der Waals surface area contributed by atoms with E-state index in [1.54, 1.807) is 5.56 Å². The van der Waals surface area contributed by atoms with Crippen molar-refractivity contribution >= 4 is 11.6 Å². The maximum atomic E-state index is 2.46. The van der Waals surface area contributed by atoms with Crippen molar-refractivity contribution in [1.82, 2.24) is 0 Å². The highest BCUT2D eigenvalue weighted by atomic mass is 14.4. The Balaban J connectivity index is 2.12. The summed E-state index contributed by atoms with van der Waals surface area (Å²) in [6.45, 7) is 14.0. The van der Waals surface area contributed by atoms with Gasteiger partial charge in [-0.25, -0.2) is 0 Å². The molecule has 0 fully saturated rings. The molecule has 0 heteroatoms. The van der Waals surface area contributed by atoms with Crippen molar-refractivity contribution in [3.63, 3.8) is 0 Å². The standard InChI is InChI=1S/C24H30/c1-17(19-10-8-7-9-11-19)14-20-16-22-21(15-18(20)2)23(3,4)12-13-24(22,5)6/h7-11,14-16H,12-13H2,1-6H3/b17-14+. The normalized spacial score (nSPS) is 19.0. The van der Waals surface area contributed by atoms with Crippen molar-refractivity contribution in [3.05, 3.63) is 70.3 Å². The van der Waals surface area contributed by atoms with Crippen molar-refractivity contribution < 1.29 is 0 Å². The van der Waals surface area contributed by atoms with E-state index in [2.05, 4.69) is 90.1 Å². The first-order valence-electron chi connectivity index (χ1n) is 9.10. The van der Waals surface area contributed by atoms with Gasteiger partial charge in [0.1, 0.15) is 0 Å². The summed E-state index contributed by atoms with van der Waals surface area (Å²) in [6.07, 6.45) is 4.88. The molecule has 0 aromatic heterocycles. The molecule has 0 radical (unpaired) electrons. The Hall–Kier alpha value is -1.82. The molecular weight excluding hydrogens is 288 g/mol. The Kier molecular flexibility index (Phi) is 4.20. The lowest BCUT2D eigenvalue weighted by atomic mass is 9.62. The number of aryl methyl sites for hydroxylation is 1. The van der Waals surface area contributed by atoms with Gasteiger partial charge in [0.15, 0.2) is 0 Å². The zero-order valence-electron chi connectivity index (χ0n) is 16.0. The van der Waals surface area contributed by atoms with Crippen LogP contribution in [0.2, 0.25) is 0 Å². The number of allylic oxidation sites excluding steroid dienone is 1. The van der Waals surface area contributed by atoms with Crippen molar-refractivity contribution in [1.29, 1.82) is 0 Å². The van der Waals surface area contributed by atoms with Crippen molar-refractivity contribution in [2.24, 2.45) is 0 Å². The Morgan fingerprint density at radius 3 is 2.00 bits per heavy atom. The second-order valence-corrected chi connectivity index (χ2v) is 8.72. The Bertz CT molecular complexity index is 773. The summed E-state index contributed by atoms with van der Waals surface area (Å²) >= 11 is 0. The molecule has 0 heterocycles. The Morgan fingerprint density at radius 2 is 1.42 bits per heavy atom. The van der Waals surface area contributed by atoms with Crippen LogP contribution in [0.1, 0.15) is 75.3 Å². The zero-order valence-corrected chi connectivity index (χ0v) is 16.0. The van der Waals surface area contributed by atoms with Crippen molar-refractivity contribution in [2.75, 3.05) is 0 Å². The van der Waals surface area contributed by atoms with Crippen molar-refractivity contribution in [2.45, 2.75) is 65.2 Å². The summed E-state index contributed by atoms with van der Waals surface area (Å²) in [6, 6.07) is 15.6. The molecule has 3 rings (SSSR count). The van der Waals surface area contributed by atoms with Gasteiger partial charge < -0.3 is 0 Å². The molecule has 0 nitrogen and oxygen atoms in total. The van der Waals surface area contributed by atoms with E-state index in [0.717, 1.165) is 0 Å².